The molecular weight excluding hydrogens is 375 g/mol. The van der Waals surface area contributed by atoms with Crippen LogP contribution in [-0.2, 0) is 4.79 Å². The number of nitrogens with one attached hydrogen (secondary N) is 2. The van der Waals surface area contributed by atoms with Crippen LogP contribution in [-0.4, -0.2) is 29.9 Å². The van der Waals surface area contributed by atoms with Gasteiger partial charge in [-0.25, -0.2) is 4.39 Å². The number of hydrogen-bond acceptors (Lipinski definition) is 3. The lowest BCUT2D eigenvalue weighted by Crippen LogP contribution is -2.44. The summed E-state index contributed by atoms with van der Waals surface area (Å²) in [7, 11) is 0. The third kappa shape index (κ3) is 5.47. The number of carbonyl (C=O) groups excluding carboxylic acids is 2. The summed E-state index contributed by atoms with van der Waals surface area (Å²) in [6, 6.07) is 10.1. The van der Waals surface area contributed by atoms with Gasteiger partial charge in [-0.05, 0) is 61.2 Å². The number of rotatable bonds is 7. The summed E-state index contributed by atoms with van der Waals surface area (Å²) in [5, 5.41) is 5.81. The molecule has 2 rings (SSSR count). The lowest BCUT2D eigenvalue weighted by molar-refractivity contribution is -0.118. The maximum atomic E-state index is 13.2. The van der Waals surface area contributed by atoms with Gasteiger partial charge in [0.15, 0.2) is 0 Å². The fraction of sp³-hybridized carbons (Fsp3) is 0.263. The van der Waals surface area contributed by atoms with Gasteiger partial charge >= 0.3 is 0 Å². The summed E-state index contributed by atoms with van der Waals surface area (Å²) < 4.78 is 13.2. The Bertz CT molecular complexity index is 801. The normalized spacial score (nSPS) is 11.7. The molecule has 0 aliphatic carbocycles. The first kappa shape index (κ1) is 20.3. The number of aryl methyl sites for hydroxylation is 1. The Hall–Kier alpha value is -2.05. The van der Waals surface area contributed by atoms with Gasteiger partial charge in [-0.1, -0.05) is 23.7 Å². The van der Waals surface area contributed by atoms with E-state index < -0.39 is 11.9 Å². The first-order valence-electron chi connectivity index (χ1n) is 8.03. The van der Waals surface area contributed by atoms with Crippen molar-refractivity contribution in [1.29, 1.82) is 0 Å². The molecule has 2 N–H and O–H groups in total. The van der Waals surface area contributed by atoms with Gasteiger partial charge in [0.05, 0.1) is 10.6 Å². The van der Waals surface area contributed by atoms with Crippen LogP contribution in [0.5, 0.6) is 0 Å². The highest BCUT2D eigenvalue weighted by atomic mass is 35.5. The fourth-order valence-electron chi connectivity index (χ4n) is 2.37. The van der Waals surface area contributed by atoms with Crippen molar-refractivity contribution in [2.75, 3.05) is 17.3 Å². The van der Waals surface area contributed by atoms with Crippen molar-refractivity contribution in [2.24, 2.45) is 0 Å². The van der Waals surface area contributed by atoms with Crippen molar-refractivity contribution in [3.8, 4) is 0 Å². The molecule has 7 heteroatoms. The summed E-state index contributed by atoms with van der Waals surface area (Å²) in [6.45, 7) is 1.71. The highest BCUT2D eigenvalue weighted by Crippen LogP contribution is 2.18. The molecular formula is C19H20ClFN2O2S. The van der Waals surface area contributed by atoms with Crippen LogP contribution < -0.4 is 10.6 Å². The zero-order valence-electron chi connectivity index (χ0n) is 14.5. The second-order valence-electron chi connectivity index (χ2n) is 5.74. The van der Waals surface area contributed by atoms with Crippen LogP contribution in [0.25, 0.3) is 0 Å². The quantitative estimate of drug-likeness (QED) is 0.737. The molecule has 138 valence electrons. The molecule has 0 fully saturated rings. The molecule has 0 aliphatic heterocycles. The molecule has 0 saturated heterocycles. The van der Waals surface area contributed by atoms with Crippen LogP contribution >= 0.6 is 23.4 Å². The second-order valence-corrected chi connectivity index (χ2v) is 7.13. The minimum atomic E-state index is -0.726. The van der Waals surface area contributed by atoms with Crippen LogP contribution in [0, 0.1) is 12.7 Å². The summed E-state index contributed by atoms with van der Waals surface area (Å²) in [5.74, 6) is -0.433. The van der Waals surface area contributed by atoms with Crippen LogP contribution in [0.3, 0.4) is 0 Å². The van der Waals surface area contributed by atoms with E-state index >= 15 is 0 Å². The molecule has 0 aliphatic rings. The Labute approximate surface area is 161 Å². The number of anilines is 1. The minimum absolute atomic E-state index is 0.314. The molecule has 26 heavy (non-hydrogen) atoms. The van der Waals surface area contributed by atoms with Crippen LogP contribution in [0.4, 0.5) is 10.1 Å². The molecule has 0 saturated carbocycles. The smallest absolute Gasteiger partial charge is 0.253 e. The standard InChI is InChI=1S/C19H20ClFN2O2S/c1-12-11-13(21)7-8-16(12)22-19(25)17(9-10-26-2)23-18(24)14-5-3-4-6-15(14)20/h3-8,11,17H,9-10H2,1-2H3,(H,22,25)(H,23,24). The summed E-state index contributed by atoms with van der Waals surface area (Å²) >= 11 is 7.63. The van der Waals surface area contributed by atoms with Crippen LogP contribution in [0.15, 0.2) is 42.5 Å². The lowest BCUT2D eigenvalue weighted by atomic mass is 10.1. The number of hydrogen-bond donors (Lipinski definition) is 2. The lowest BCUT2D eigenvalue weighted by Gasteiger charge is -2.19. The Balaban J connectivity index is 2.14. The van der Waals surface area contributed by atoms with Crippen LogP contribution in [0.2, 0.25) is 5.02 Å². The molecule has 0 radical (unpaired) electrons. The SMILES string of the molecule is CSCCC(NC(=O)c1ccccc1Cl)C(=O)Nc1ccc(F)cc1C. The van der Waals surface area contributed by atoms with E-state index in [2.05, 4.69) is 10.6 Å². The fourth-order valence-corrected chi connectivity index (χ4v) is 3.07. The number of thioether (sulfide) groups is 1. The molecule has 1 atom stereocenters. The van der Waals surface area contributed by atoms with Crippen molar-refractivity contribution in [2.45, 2.75) is 19.4 Å². The summed E-state index contributed by atoms with van der Waals surface area (Å²) in [4.78, 5) is 25.1. The Morgan fingerprint density at radius 1 is 1.23 bits per heavy atom. The van der Waals surface area contributed by atoms with E-state index in [1.807, 2.05) is 6.26 Å². The molecule has 1 unspecified atom stereocenters. The van der Waals surface area contributed by atoms with Gasteiger partial charge in [-0.2, -0.15) is 11.8 Å². The summed E-state index contributed by atoms with van der Waals surface area (Å²) in [6.07, 6.45) is 2.39. The van der Waals surface area contributed by atoms with Gasteiger partial charge in [-0.15, -0.1) is 0 Å². The molecule has 0 heterocycles. The molecule has 0 aromatic heterocycles. The monoisotopic (exact) mass is 394 g/mol. The third-order valence-corrected chi connectivity index (χ3v) is 4.77. The zero-order chi connectivity index (χ0) is 19.1. The third-order valence-electron chi connectivity index (χ3n) is 3.80. The maximum Gasteiger partial charge on any atom is 0.253 e. The average molecular weight is 395 g/mol. The second kappa shape index (κ2) is 9.59. The molecule has 2 aromatic rings. The van der Waals surface area contributed by atoms with Gasteiger partial charge in [0.1, 0.15) is 11.9 Å². The predicted octanol–water partition coefficient (Wildman–Crippen LogP) is 4.28. The van der Waals surface area contributed by atoms with E-state index in [4.69, 9.17) is 11.6 Å². The average Bonchev–Trinajstić information content (AvgIpc) is 2.61. The highest BCUT2D eigenvalue weighted by molar-refractivity contribution is 7.98. The number of benzene rings is 2. The van der Waals surface area contributed by atoms with Crippen molar-refractivity contribution >= 4 is 40.9 Å². The van der Waals surface area contributed by atoms with E-state index in [0.717, 1.165) is 0 Å². The van der Waals surface area contributed by atoms with Gasteiger partial charge in [0, 0.05) is 5.69 Å². The summed E-state index contributed by atoms with van der Waals surface area (Å²) in [5.41, 5.74) is 1.44. The van der Waals surface area contributed by atoms with E-state index in [1.54, 1.807) is 43.0 Å². The van der Waals surface area contributed by atoms with Crippen molar-refractivity contribution in [1.82, 2.24) is 5.32 Å². The Morgan fingerprint density at radius 2 is 1.96 bits per heavy atom. The van der Waals surface area contributed by atoms with Gasteiger partial charge in [0.25, 0.3) is 5.91 Å². The molecule has 0 spiro atoms. The van der Waals surface area contributed by atoms with Gasteiger partial charge in [-0.3, -0.25) is 9.59 Å². The Morgan fingerprint density at radius 3 is 2.62 bits per heavy atom. The number of amides is 2. The first-order valence-corrected chi connectivity index (χ1v) is 9.81. The van der Waals surface area contributed by atoms with Crippen LogP contribution in [0.1, 0.15) is 22.3 Å². The number of carbonyl (C=O) groups is 2. The topological polar surface area (TPSA) is 58.2 Å². The molecule has 2 aromatic carbocycles. The Kier molecular flexibility index (Phi) is 7.48. The number of halogens is 2. The van der Waals surface area contributed by atoms with Gasteiger partial charge in [0.2, 0.25) is 5.91 Å². The zero-order valence-corrected chi connectivity index (χ0v) is 16.1. The maximum absolute atomic E-state index is 13.2. The van der Waals surface area contributed by atoms with E-state index in [-0.39, 0.29) is 11.7 Å². The minimum Gasteiger partial charge on any atom is -0.340 e. The van der Waals surface area contributed by atoms with Crippen molar-refractivity contribution in [3.63, 3.8) is 0 Å². The first-order chi connectivity index (χ1) is 12.4. The highest BCUT2D eigenvalue weighted by Gasteiger charge is 2.22. The predicted molar refractivity (Wildman–Crippen MR) is 105 cm³/mol. The van der Waals surface area contributed by atoms with Crippen molar-refractivity contribution in [3.05, 3.63) is 64.4 Å². The largest absolute Gasteiger partial charge is 0.340 e. The van der Waals surface area contributed by atoms with E-state index in [9.17, 15) is 14.0 Å². The molecule has 4 nitrogen and oxygen atoms in total. The van der Waals surface area contributed by atoms with E-state index in [0.29, 0.717) is 34.0 Å². The van der Waals surface area contributed by atoms with Crippen molar-refractivity contribution < 1.29 is 14.0 Å². The molecule has 0 bridgehead atoms. The van der Waals surface area contributed by atoms with E-state index in [1.165, 1.54) is 18.2 Å². The molecule has 2 amide bonds. The van der Waals surface area contributed by atoms with Gasteiger partial charge < -0.3 is 10.6 Å².